The van der Waals surface area contributed by atoms with Gasteiger partial charge in [0, 0.05) is 37.6 Å². The van der Waals surface area contributed by atoms with Crippen molar-refractivity contribution in [1.82, 2.24) is 14.7 Å². The van der Waals surface area contributed by atoms with Gasteiger partial charge >= 0.3 is 6.03 Å². The van der Waals surface area contributed by atoms with E-state index >= 15 is 0 Å². The van der Waals surface area contributed by atoms with Crippen LogP contribution in [0, 0.1) is 5.92 Å². The highest BCUT2D eigenvalue weighted by Crippen LogP contribution is 2.25. The van der Waals surface area contributed by atoms with Crippen molar-refractivity contribution in [3.8, 4) is 0 Å². The van der Waals surface area contributed by atoms with Gasteiger partial charge in [-0.2, -0.15) is 5.10 Å². The van der Waals surface area contributed by atoms with Crippen LogP contribution in [-0.2, 0) is 6.54 Å². The van der Waals surface area contributed by atoms with Crippen molar-refractivity contribution in [2.24, 2.45) is 5.92 Å². The van der Waals surface area contributed by atoms with E-state index in [9.17, 15) is 9.90 Å². The Morgan fingerprint density at radius 1 is 1.36 bits per heavy atom. The molecule has 0 aliphatic heterocycles. The van der Waals surface area contributed by atoms with Gasteiger partial charge in [-0.15, -0.1) is 0 Å². The minimum absolute atomic E-state index is 0.144. The van der Waals surface area contributed by atoms with Crippen LogP contribution < -0.4 is 5.32 Å². The van der Waals surface area contributed by atoms with E-state index in [4.69, 9.17) is 0 Å². The normalized spacial score (nSPS) is 20.2. The number of rotatable bonds is 5. The Hall–Kier alpha value is -2.34. The van der Waals surface area contributed by atoms with Crippen LogP contribution in [0.25, 0.3) is 0 Å². The summed E-state index contributed by atoms with van der Waals surface area (Å²) in [5.41, 5.74) is 1.84. The van der Waals surface area contributed by atoms with Gasteiger partial charge in [0.05, 0.1) is 12.6 Å². The maximum absolute atomic E-state index is 12.4. The molecule has 1 aliphatic rings. The Kier molecular flexibility index (Phi) is 5.71. The van der Waals surface area contributed by atoms with Gasteiger partial charge in [0.15, 0.2) is 0 Å². The van der Waals surface area contributed by atoms with Gasteiger partial charge in [-0.1, -0.05) is 25.0 Å². The van der Waals surface area contributed by atoms with E-state index < -0.39 is 0 Å². The number of anilines is 1. The van der Waals surface area contributed by atoms with E-state index in [0.717, 1.165) is 36.9 Å². The van der Waals surface area contributed by atoms with Gasteiger partial charge in [0.1, 0.15) is 0 Å². The predicted molar refractivity (Wildman–Crippen MR) is 97.4 cm³/mol. The maximum atomic E-state index is 12.4. The smallest absolute Gasteiger partial charge is 0.321 e. The van der Waals surface area contributed by atoms with Crippen LogP contribution in [0.2, 0.25) is 0 Å². The number of carbonyl (C=O) groups is 1. The SMILES string of the molecule is CN(CC1CCCCC1O)C(=O)Nc1cccc(Cn2cccn2)c1. The van der Waals surface area contributed by atoms with Crippen molar-refractivity contribution in [1.29, 1.82) is 0 Å². The van der Waals surface area contributed by atoms with Crippen molar-refractivity contribution in [3.63, 3.8) is 0 Å². The number of hydrogen-bond acceptors (Lipinski definition) is 3. The van der Waals surface area contributed by atoms with E-state index in [0.29, 0.717) is 13.1 Å². The van der Waals surface area contributed by atoms with Crippen molar-refractivity contribution in [3.05, 3.63) is 48.3 Å². The van der Waals surface area contributed by atoms with E-state index in [1.54, 1.807) is 18.1 Å². The average molecular weight is 342 g/mol. The molecule has 134 valence electrons. The molecule has 0 bridgehead atoms. The molecule has 2 atom stereocenters. The molecule has 2 amide bonds. The van der Waals surface area contributed by atoms with Gasteiger partial charge < -0.3 is 15.3 Å². The lowest BCUT2D eigenvalue weighted by atomic mass is 9.86. The van der Waals surface area contributed by atoms with Gasteiger partial charge in [0.2, 0.25) is 0 Å². The largest absolute Gasteiger partial charge is 0.393 e. The van der Waals surface area contributed by atoms with E-state index in [1.165, 1.54) is 0 Å². The molecular formula is C19H26N4O2. The van der Waals surface area contributed by atoms with Crippen LogP contribution in [-0.4, -0.2) is 45.5 Å². The first kappa shape index (κ1) is 17.5. The highest BCUT2D eigenvalue weighted by atomic mass is 16.3. The summed E-state index contributed by atoms with van der Waals surface area (Å²) >= 11 is 0. The highest BCUT2D eigenvalue weighted by Gasteiger charge is 2.25. The Bertz CT molecular complexity index is 686. The van der Waals surface area contributed by atoms with Gasteiger partial charge in [-0.25, -0.2) is 4.79 Å². The molecule has 1 fully saturated rings. The Labute approximate surface area is 148 Å². The number of aliphatic hydroxyl groups is 1. The number of carbonyl (C=O) groups excluding carboxylic acids is 1. The van der Waals surface area contributed by atoms with Crippen molar-refractivity contribution in [2.45, 2.75) is 38.3 Å². The molecule has 1 aromatic heterocycles. The molecule has 0 radical (unpaired) electrons. The number of aromatic nitrogens is 2. The Balaban J connectivity index is 1.56. The molecule has 3 rings (SSSR count). The summed E-state index contributed by atoms with van der Waals surface area (Å²) in [6.07, 6.45) is 7.41. The summed E-state index contributed by atoms with van der Waals surface area (Å²) in [6, 6.07) is 9.53. The lowest BCUT2D eigenvalue weighted by Gasteiger charge is -2.31. The molecular weight excluding hydrogens is 316 g/mol. The number of aliphatic hydroxyl groups excluding tert-OH is 1. The molecule has 0 saturated heterocycles. The lowest BCUT2D eigenvalue weighted by molar-refractivity contribution is 0.0575. The molecule has 1 aliphatic carbocycles. The maximum Gasteiger partial charge on any atom is 0.321 e. The summed E-state index contributed by atoms with van der Waals surface area (Å²) in [7, 11) is 1.78. The van der Waals surface area contributed by atoms with Crippen molar-refractivity contribution in [2.75, 3.05) is 18.9 Å². The monoisotopic (exact) mass is 342 g/mol. The number of benzene rings is 1. The third-order valence-corrected chi connectivity index (χ3v) is 4.81. The second-order valence-electron chi connectivity index (χ2n) is 6.83. The van der Waals surface area contributed by atoms with E-state index in [1.807, 2.05) is 41.2 Å². The Morgan fingerprint density at radius 2 is 2.20 bits per heavy atom. The summed E-state index contributed by atoms with van der Waals surface area (Å²) in [5, 5.41) is 17.2. The number of nitrogens with one attached hydrogen (secondary N) is 1. The molecule has 1 heterocycles. The van der Waals surface area contributed by atoms with Crippen LogP contribution >= 0.6 is 0 Å². The van der Waals surface area contributed by atoms with Gasteiger partial charge in [-0.05, 0) is 36.6 Å². The van der Waals surface area contributed by atoms with E-state index in [2.05, 4.69) is 10.4 Å². The number of hydrogen-bond donors (Lipinski definition) is 2. The first-order valence-corrected chi connectivity index (χ1v) is 8.88. The summed E-state index contributed by atoms with van der Waals surface area (Å²) in [4.78, 5) is 14.1. The number of amides is 2. The summed E-state index contributed by atoms with van der Waals surface area (Å²) < 4.78 is 1.84. The molecule has 6 nitrogen and oxygen atoms in total. The lowest BCUT2D eigenvalue weighted by Crippen LogP contribution is -2.40. The Morgan fingerprint density at radius 3 is 2.96 bits per heavy atom. The van der Waals surface area contributed by atoms with Crippen molar-refractivity contribution >= 4 is 11.7 Å². The fourth-order valence-electron chi connectivity index (χ4n) is 3.38. The van der Waals surface area contributed by atoms with Crippen molar-refractivity contribution < 1.29 is 9.90 Å². The second-order valence-corrected chi connectivity index (χ2v) is 6.83. The zero-order chi connectivity index (χ0) is 17.6. The van der Waals surface area contributed by atoms with Crippen LogP contribution in [0.4, 0.5) is 10.5 Å². The third kappa shape index (κ3) is 4.82. The molecule has 6 heteroatoms. The van der Waals surface area contributed by atoms with Crippen LogP contribution in [0.3, 0.4) is 0 Å². The molecule has 2 N–H and O–H groups in total. The molecule has 25 heavy (non-hydrogen) atoms. The zero-order valence-corrected chi connectivity index (χ0v) is 14.6. The highest BCUT2D eigenvalue weighted by molar-refractivity contribution is 5.89. The van der Waals surface area contributed by atoms with Gasteiger partial charge in [-0.3, -0.25) is 4.68 Å². The van der Waals surface area contributed by atoms with Crippen LogP contribution in [0.5, 0.6) is 0 Å². The zero-order valence-electron chi connectivity index (χ0n) is 14.6. The molecule has 1 saturated carbocycles. The third-order valence-electron chi connectivity index (χ3n) is 4.81. The minimum atomic E-state index is -0.290. The van der Waals surface area contributed by atoms with Crippen LogP contribution in [0.1, 0.15) is 31.2 Å². The van der Waals surface area contributed by atoms with Crippen LogP contribution in [0.15, 0.2) is 42.7 Å². The first-order valence-electron chi connectivity index (χ1n) is 8.88. The molecule has 2 aromatic rings. The topological polar surface area (TPSA) is 70.4 Å². The fourth-order valence-corrected chi connectivity index (χ4v) is 3.38. The average Bonchev–Trinajstić information content (AvgIpc) is 3.10. The summed E-state index contributed by atoms with van der Waals surface area (Å²) in [5.74, 6) is 0.177. The van der Waals surface area contributed by atoms with E-state index in [-0.39, 0.29) is 18.1 Å². The fraction of sp³-hybridized carbons (Fsp3) is 0.474. The second kappa shape index (κ2) is 8.16. The quantitative estimate of drug-likeness (QED) is 0.878. The van der Waals surface area contributed by atoms with Gasteiger partial charge in [0.25, 0.3) is 0 Å². The standard InChI is InChI=1S/C19H26N4O2/c1-22(14-16-7-2-3-9-18(16)24)19(25)21-17-8-4-6-15(12-17)13-23-11-5-10-20-23/h4-6,8,10-12,16,18,24H,2-3,7,9,13-14H2,1H3,(H,21,25). The molecule has 1 aromatic carbocycles. The molecule has 2 unspecified atom stereocenters. The summed E-state index contributed by atoms with van der Waals surface area (Å²) in [6.45, 7) is 1.25. The number of urea groups is 1. The first-order chi connectivity index (χ1) is 12.1. The minimum Gasteiger partial charge on any atom is -0.393 e. The predicted octanol–water partition coefficient (Wildman–Crippen LogP) is 2.95. The molecule has 0 spiro atoms. The number of nitrogens with zero attached hydrogens (tertiary/aromatic N) is 3.